The largest absolute Gasteiger partial charge is 0.434 e. The maximum atomic E-state index is 13.4. The lowest BCUT2D eigenvalue weighted by atomic mass is 10.0. The zero-order chi connectivity index (χ0) is 28.7. The monoisotopic (exact) mass is 575 g/mol. The quantitative estimate of drug-likeness (QED) is 0.209. The number of hydrogen-bond acceptors (Lipinski definition) is 6. The van der Waals surface area contributed by atoms with Gasteiger partial charge >= 0.3 is 6.18 Å². The number of carbonyl (C=O) groups is 1. The van der Waals surface area contributed by atoms with E-state index in [0.29, 0.717) is 16.2 Å². The van der Waals surface area contributed by atoms with Crippen LogP contribution in [0.15, 0.2) is 72.4 Å². The van der Waals surface area contributed by atoms with Gasteiger partial charge in [0.2, 0.25) is 5.78 Å². The summed E-state index contributed by atoms with van der Waals surface area (Å²) in [5, 5.41) is 8.34. The van der Waals surface area contributed by atoms with Crippen LogP contribution in [-0.4, -0.2) is 45.0 Å². The van der Waals surface area contributed by atoms with Crippen molar-refractivity contribution < 1.29 is 26.4 Å². The summed E-state index contributed by atoms with van der Waals surface area (Å²) in [6.45, 7) is 6.77. The van der Waals surface area contributed by atoms with Crippen molar-refractivity contribution in [2.75, 3.05) is 6.26 Å². The van der Waals surface area contributed by atoms with Crippen molar-refractivity contribution in [3.63, 3.8) is 0 Å². The number of allylic oxidation sites excluding steroid dienone is 3. The summed E-state index contributed by atoms with van der Waals surface area (Å²) >= 11 is 5.94. The van der Waals surface area contributed by atoms with E-state index in [2.05, 4.69) is 21.9 Å². The molecule has 2 aromatic heterocycles. The number of imidazole rings is 1. The molecule has 0 aliphatic carbocycles. The van der Waals surface area contributed by atoms with Gasteiger partial charge in [-0.05, 0) is 67.5 Å². The molecule has 0 fully saturated rings. The van der Waals surface area contributed by atoms with Crippen LogP contribution in [0.3, 0.4) is 0 Å². The third-order valence-electron chi connectivity index (χ3n) is 5.86. The summed E-state index contributed by atoms with van der Waals surface area (Å²) < 4.78 is 66.5. The molecule has 39 heavy (non-hydrogen) atoms. The van der Waals surface area contributed by atoms with Crippen LogP contribution < -0.4 is 0 Å². The Labute approximate surface area is 227 Å². The van der Waals surface area contributed by atoms with Crippen LogP contribution in [-0.2, 0) is 16.0 Å². The Morgan fingerprint density at radius 1 is 1.08 bits per heavy atom. The van der Waals surface area contributed by atoms with Gasteiger partial charge in [0.05, 0.1) is 17.6 Å². The van der Waals surface area contributed by atoms with E-state index in [1.807, 2.05) is 0 Å². The third-order valence-corrected chi connectivity index (χ3v) is 7.40. The summed E-state index contributed by atoms with van der Waals surface area (Å²) in [7, 11) is -3.48. The number of hydrogen-bond donors (Lipinski definition) is 0. The number of sulfone groups is 1. The van der Waals surface area contributed by atoms with Gasteiger partial charge in [0.15, 0.2) is 15.5 Å². The first-order valence-corrected chi connectivity index (χ1v) is 13.5. The molecule has 0 aliphatic heterocycles. The van der Waals surface area contributed by atoms with Crippen molar-refractivity contribution in [2.45, 2.75) is 20.0 Å². The number of aryl methyl sites for hydroxylation is 1. The lowest BCUT2D eigenvalue weighted by Crippen LogP contribution is -2.13. The first-order chi connectivity index (χ1) is 18.2. The van der Waals surface area contributed by atoms with Crippen molar-refractivity contribution in [2.24, 2.45) is 0 Å². The molecule has 0 spiro atoms. The van der Waals surface area contributed by atoms with E-state index in [0.717, 1.165) is 12.5 Å². The zero-order valence-corrected chi connectivity index (χ0v) is 22.4. The third kappa shape index (κ3) is 5.86. The molecule has 0 saturated heterocycles. The molecule has 2 heterocycles. The highest BCUT2D eigenvalue weighted by molar-refractivity contribution is 7.94. The number of carbonyl (C=O) groups excluding carboxylic acids is 1. The van der Waals surface area contributed by atoms with Crippen molar-refractivity contribution in [3.8, 4) is 11.4 Å². The fourth-order valence-corrected chi connectivity index (χ4v) is 4.18. The van der Waals surface area contributed by atoms with E-state index in [-0.39, 0.29) is 33.4 Å². The predicted octanol–water partition coefficient (Wildman–Crippen LogP) is 5.63. The molecule has 8 nitrogen and oxygen atoms in total. The van der Waals surface area contributed by atoms with E-state index >= 15 is 0 Å². The second-order valence-corrected chi connectivity index (χ2v) is 11.3. The number of aromatic nitrogens is 5. The highest BCUT2D eigenvalue weighted by Crippen LogP contribution is 2.32. The summed E-state index contributed by atoms with van der Waals surface area (Å²) in [6, 6.07) is 10.7. The molecule has 0 N–H and O–H groups in total. The van der Waals surface area contributed by atoms with Crippen molar-refractivity contribution in [1.29, 1.82) is 0 Å². The molecule has 13 heteroatoms. The van der Waals surface area contributed by atoms with Gasteiger partial charge in [0.25, 0.3) is 0 Å². The smallest absolute Gasteiger partial charge is 0.301 e. The van der Waals surface area contributed by atoms with Crippen molar-refractivity contribution in [1.82, 2.24) is 24.5 Å². The Morgan fingerprint density at radius 3 is 2.31 bits per heavy atom. The normalized spacial score (nSPS) is 12.5. The van der Waals surface area contributed by atoms with Crippen molar-refractivity contribution in [3.05, 3.63) is 106 Å². The Morgan fingerprint density at radius 2 is 1.72 bits per heavy atom. The van der Waals surface area contributed by atoms with Gasteiger partial charge in [-0.2, -0.15) is 13.2 Å². The number of nitrogens with zero attached hydrogens (tertiary/aromatic N) is 5. The first-order valence-electron chi connectivity index (χ1n) is 11.2. The molecule has 4 rings (SSSR count). The minimum Gasteiger partial charge on any atom is -0.301 e. The van der Waals surface area contributed by atoms with Gasteiger partial charge in [-0.1, -0.05) is 29.5 Å². The minimum atomic E-state index is -4.68. The van der Waals surface area contributed by atoms with Gasteiger partial charge in [0, 0.05) is 27.9 Å². The number of halogens is 4. The van der Waals surface area contributed by atoms with E-state index in [9.17, 15) is 26.4 Å². The fourth-order valence-electron chi connectivity index (χ4n) is 3.70. The summed E-state index contributed by atoms with van der Waals surface area (Å²) in [6.07, 6.45) is -0.169. The fraction of sp³-hybridized carbons (Fsp3) is 0.154. The van der Waals surface area contributed by atoms with Crippen molar-refractivity contribution >= 4 is 32.8 Å². The lowest BCUT2D eigenvalue weighted by molar-refractivity contribution is -0.141. The second kappa shape index (κ2) is 10.3. The van der Waals surface area contributed by atoms with Gasteiger partial charge in [-0.3, -0.25) is 4.79 Å². The number of alkyl halides is 3. The summed E-state index contributed by atoms with van der Waals surface area (Å²) in [5.74, 6) is -0.424. The lowest BCUT2D eigenvalue weighted by Gasteiger charge is -2.15. The molecular weight excluding hydrogens is 555 g/mol. The van der Waals surface area contributed by atoms with Crippen LogP contribution in [0.2, 0.25) is 5.02 Å². The molecule has 0 saturated carbocycles. The maximum Gasteiger partial charge on any atom is 0.434 e. The molecule has 2 aromatic carbocycles. The highest BCUT2D eigenvalue weighted by Gasteiger charge is 2.35. The van der Waals surface area contributed by atoms with E-state index in [1.54, 1.807) is 18.2 Å². The predicted molar refractivity (Wildman–Crippen MR) is 141 cm³/mol. The highest BCUT2D eigenvalue weighted by atomic mass is 35.5. The van der Waals surface area contributed by atoms with Gasteiger partial charge in [-0.15, -0.1) is 5.10 Å². The molecular formula is C26H21ClF3N5O3S. The van der Waals surface area contributed by atoms with Crippen LogP contribution >= 0.6 is 11.6 Å². The van der Waals surface area contributed by atoms with Crippen LogP contribution in [0.5, 0.6) is 0 Å². The van der Waals surface area contributed by atoms with Crippen LogP contribution in [0.25, 0.3) is 16.9 Å². The Balaban J connectivity index is 1.93. The Bertz CT molecular complexity index is 1740. The molecule has 0 aliphatic rings. The average molecular weight is 576 g/mol. The standard InChI is InChI=1S/C26H21ClF3N5O3S/c1-15(11-16(2)39(4,37)38)19-7-10-21(34-14-24(26(28,29)30)32-17(34)3)22(12-19)35-23(13-31-33-35)25(36)18-5-8-20(27)9-6-18/h5-14H,1H2,2-4H3. The Kier molecular flexibility index (Phi) is 7.37. The number of rotatable bonds is 7. The molecule has 0 atom stereocenters. The van der Waals surface area contributed by atoms with Gasteiger partial charge < -0.3 is 4.57 Å². The van der Waals surface area contributed by atoms with Gasteiger partial charge in [0.1, 0.15) is 11.5 Å². The molecule has 0 amide bonds. The maximum absolute atomic E-state index is 13.4. The average Bonchev–Trinajstić information content (AvgIpc) is 3.50. The van der Waals surface area contributed by atoms with Crippen LogP contribution in [0.4, 0.5) is 13.2 Å². The molecule has 0 unspecified atom stereocenters. The Hall–Kier alpha value is -4.03. The van der Waals surface area contributed by atoms with E-state index < -0.39 is 27.5 Å². The zero-order valence-electron chi connectivity index (χ0n) is 20.9. The number of ketones is 1. The molecule has 0 bridgehead atoms. The summed E-state index contributed by atoms with van der Waals surface area (Å²) in [5.41, 5.74) is 0.366. The molecule has 0 radical (unpaired) electrons. The first kappa shape index (κ1) is 28.0. The van der Waals surface area contributed by atoms with E-state index in [1.165, 1.54) is 59.6 Å². The van der Waals surface area contributed by atoms with Crippen LogP contribution in [0, 0.1) is 6.92 Å². The second-order valence-electron chi connectivity index (χ2n) is 8.66. The number of benzene rings is 2. The minimum absolute atomic E-state index is 0.0259. The van der Waals surface area contributed by atoms with Crippen LogP contribution in [0.1, 0.15) is 40.1 Å². The SMILES string of the molecule is C=C(C=C(C)S(C)(=O)=O)c1ccc(-n2cc(C(F)(F)F)nc2C)c(-n2nncc2C(=O)c2ccc(Cl)cc2)c1. The topological polar surface area (TPSA) is 99.7 Å². The molecule has 202 valence electrons. The van der Waals surface area contributed by atoms with E-state index in [4.69, 9.17) is 11.6 Å². The molecule has 4 aromatic rings. The van der Waals surface area contributed by atoms with Gasteiger partial charge in [-0.25, -0.2) is 18.1 Å². The summed E-state index contributed by atoms with van der Waals surface area (Å²) in [4.78, 5) is 17.0.